The molecule has 0 atom stereocenters. The molecule has 0 unspecified atom stereocenters. The standard InChI is InChI=1S/C25H21F3N2O2/c1-31-23-12-5-3-10-19(23)21-15-22(20-11-4-6-13-24(20)32-2)30(29-21)16-17-8-7-9-18(14-17)25(26,27)28/h3-15H,16H2,1-2H3. The Bertz CT molecular complexity index is 1230. The van der Waals surface area contributed by atoms with Crippen molar-refractivity contribution in [1.29, 1.82) is 0 Å². The molecule has 4 nitrogen and oxygen atoms in total. The molecule has 0 aliphatic rings. The van der Waals surface area contributed by atoms with Crippen molar-refractivity contribution in [2.75, 3.05) is 14.2 Å². The lowest BCUT2D eigenvalue weighted by Gasteiger charge is -2.12. The van der Waals surface area contributed by atoms with Gasteiger partial charge >= 0.3 is 6.18 Å². The second kappa shape index (κ2) is 8.78. The zero-order valence-corrected chi connectivity index (χ0v) is 17.6. The summed E-state index contributed by atoms with van der Waals surface area (Å²) in [4.78, 5) is 0. The number of benzene rings is 3. The fraction of sp³-hybridized carbons (Fsp3) is 0.160. The van der Waals surface area contributed by atoms with E-state index >= 15 is 0 Å². The van der Waals surface area contributed by atoms with E-state index in [4.69, 9.17) is 14.6 Å². The number of aromatic nitrogens is 2. The summed E-state index contributed by atoms with van der Waals surface area (Å²) in [6.07, 6.45) is -4.41. The van der Waals surface area contributed by atoms with Crippen LogP contribution in [0.4, 0.5) is 13.2 Å². The molecule has 0 N–H and O–H groups in total. The maximum absolute atomic E-state index is 13.2. The quantitative estimate of drug-likeness (QED) is 0.354. The Labute approximate surface area is 183 Å². The van der Waals surface area contributed by atoms with Crippen LogP contribution in [0.1, 0.15) is 11.1 Å². The zero-order valence-electron chi connectivity index (χ0n) is 17.6. The van der Waals surface area contributed by atoms with E-state index in [0.29, 0.717) is 22.8 Å². The van der Waals surface area contributed by atoms with E-state index < -0.39 is 11.7 Å². The van der Waals surface area contributed by atoms with Gasteiger partial charge in [-0.2, -0.15) is 18.3 Å². The van der Waals surface area contributed by atoms with E-state index in [2.05, 4.69) is 0 Å². The smallest absolute Gasteiger partial charge is 0.416 e. The third kappa shape index (κ3) is 4.32. The third-order valence-corrected chi connectivity index (χ3v) is 5.13. The van der Waals surface area contributed by atoms with Gasteiger partial charge in [0.25, 0.3) is 0 Å². The minimum Gasteiger partial charge on any atom is -0.496 e. The second-order valence-corrected chi connectivity index (χ2v) is 7.17. The van der Waals surface area contributed by atoms with Gasteiger partial charge in [0.15, 0.2) is 0 Å². The monoisotopic (exact) mass is 438 g/mol. The first-order chi connectivity index (χ1) is 15.4. The lowest BCUT2D eigenvalue weighted by molar-refractivity contribution is -0.137. The number of para-hydroxylation sites is 2. The Morgan fingerprint density at radius 1 is 0.781 bits per heavy atom. The molecular weight excluding hydrogens is 417 g/mol. The van der Waals surface area contributed by atoms with Crippen LogP contribution in [0.3, 0.4) is 0 Å². The molecule has 1 aromatic heterocycles. The molecular formula is C25H21F3N2O2. The Morgan fingerprint density at radius 3 is 2.06 bits per heavy atom. The van der Waals surface area contributed by atoms with E-state index in [-0.39, 0.29) is 6.54 Å². The van der Waals surface area contributed by atoms with Gasteiger partial charge in [0.05, 0.1) is 37.7 Å². The minimum absolute atomic E-state index is 0.159. The number of hydrogen-bond acceptors (Lipinski definition) is 3. The maximum Gasteiger partial charge on any atom is 0.416 e. The van der Waals surface area contributed by atoms with Crippen molar-refractivity contribution in [3.05, 3.63) is 90.0 Å². The highest BCUT2D eigenvalue weighted by Crippen LogP contribution is 2.36. The molecule has 7 heteroatoms. The molecule has 0 bridgehead atoms. The molecule has 164 valence electrons. The van der Waals surface area contributed by atoms with E-state index in [9.17, 15) is 13.2 Å². The summed E-state index contributed by atoms with van der Waals surface area (Å²) in [5.41, 5.74) is 2.75. The summed E-state index contributed by atoms with van der Waals surface area (Å²) in [6, 6.07) is 22.1. The van der Waals surface area contributed by atoms with Crippen molar-refractivity contribution in [3.63, 3.8) is 0 Å². The van der Waals surface area contributed by atoms with Gasteiger partial charge in [-0.1, -0.05) is 36.4 Å². The van der Waals surface area contributed by atoms with Gasteiger partial charge in [-0.25, -0.2) is 0 Å². The number of ether oxygens (including phenoxy) is 2. The summed E-state index contributed by atoms with van der Waals surface area (Å²) in [5.74, 6) is 1.30. The van der Waals surface area contributed by atoms with Gasteiger partial charge in [0.2, 0.25) is 0 Å². The molecule has 0 saturated carbocycles. The highest BCUT2D eigenvalue weighted by molar-refractivity contribution is 5.75. The molecule has 32 heavy (non-hydrogen) atoms. The van der Waals surface area contributed by atoms with Crippen LogP contribution in [0.15, 0.2) is 78.9 Å². The summed E-state index contributed by atoms with van der Waals surface area (Å²) in [5, 5.41) is 4.73. The van der Waals surface area contributed by atoms with E-state index in [1.165, 1.54) is 6.07 Å². The second-order valence-electron chi connectivity index (χ2n) is 7.17. The van der Waals surface area contributed by atoms with E-state index in [1.807, 2.05) is 54.6 Å². The third-order valence-electron chi connectivity index (χ3n) is 5.13. The van der Waals surface area contributed by atoms with Gasteiger partial charge in [0.1, 0.15) is 11.5 Å². The van der Waals surface area contributed by atoms with E-state index in [0.717, 1.165) is 29.0 Å². The Kier molecular flexibility index (Phi) is 5.90. The number of rotatable bonds is 6. The first kappa shape index (κ1) is 21.5. The topological polar surface area (TPSA) is 36.3 Å². The Hall–Kier alpha value is -3.74. The van der Waals surface area contributed by atoms with Crippen molar-refractivity contribution >= 4 is 0 Å². The fourth-order valence-corrected chi connectivity index (χ4v) is 3.62. The highest BCUT2D eigenvalue weighted by atomic mass is 19.4. The summed E-state index contributed by atoms with van der Waals surface area (Å²) >= 11 is 0. The van der Waals surface area contributed by atoms with Crippen LogP contribution in [0.25, 0.3) is 22.5 Å². The van der Waals surface area contributed by atoms with E-state index in [1.54, 1.807) is 25.0 Å². The fourth-order valence-electron chi connectivity index (χ4n) is 3.62. The van der Waals surface area contributed by atoms with Crippen LogP contribution in [0, 0.1) is 0 Å². The summed E-state index contributed by atoms with van der Waals surface area (Å²) in [7, 11) is 3.16. The number of methoxy groups -OCH3 is 2. The first-order valence-corrected chi connectivity index (χ1v) is 9.91. The Balaban J connectivity index is 1.85. The van der Waals surface area contributed by atoms with Gasteiger partial charge in [-0.3, -0.25) is 4.68 Å². The summed E-state index contributed by atoms with van der Waals surface area (Å²) < 4.78 is 52.3. The molecule has 0 aliphatic carbocycles. The van der Waals surface area contributed by atoms with Crippen LogP contribution in [-0.4, -0.2) is 24.0 Å². The SMILES string of the molecule is COc1ccccc1-c1cc(-c2ccccc2OC)n(Cc2cccc(C(F)(F)F)c2)n1. The number of hydrogen-bond donors (Lipinski definition) is 0. The predicted octanol–water partition coefficient (Wildman–Crippen LogP) is 6.30. The van der Waals surface area contributed by atoms with Crippen molar-refractivity contribution in [3.8, 4) is 34.0 Å². The molecule has 4 aromatic rings. The van der Waals surface area contributed by atoms with Crippen molar-refractivity contribution in [2.45, 2.75) is 12.7 Å². The average Bonchev–Trinajstić information content (AvgIpc) is 3.21. The van der Waals surface area contributed by atoms with Crippen LogP contribution in [-0.2, 0) is 12.7 Å². The molecule has 0 spiro atoms. The predicted molar refractivity (Wildman–Crippen MR) is 117 cm³/mol. The summed E-state index contributed by atoms with van der Waals surface area (Å²) in [6.45, 7) is 0.159. The van der Waals surface area contributed by atoms with Crippen LogP contribution in [0.5, 0.6) is 11.5 Å². The zero-order chi connectivity index (χ0) is 22.7. The van der Waals surface area contributed by atoms with Gasteiger partial charge in [0, 0.05) is 11.1 Å². The van der Waals surface area contributed by atoms with Gasteiger partial charge in [-0.05, 0) is 48.0 Å². The Morgan fingerprint density at radius 2 is 1.41 bits per heavy atom. The lowest BCUT2D eigenvalue weighted by Crippen LogP contribution is -2.08. The van der Waals surface area contributed by atoms with Gasteiger partial charge in [-0.15, -0.1) is 0 Å². The number of halogens is 3. The number of nitrogens with zero attached hydrogens (tertiary/aromatic N) is 2. The molecule has 0 aliphatic heterocycles. The molecule has 3 aromatic carbocycles. The van der Waals surface area contributed by atoms with Gasteiger partial charge < -0.3 is 9.47 Å². The molecule has 1 heterocycles. The van der Waals surface area contributed by atoms with Crippen LogP contribution < -0.4 is 9.47 Å². The van der Waals surface area contributed by atoms with Crippen molar-refractivity contribution in [1.82, 2.24) is 9.78 Å². The maximum atomic E-state index is 13.2. The number of alkyl halides is 3. The minimum atomic E-state index is -4.41. The largest absolute Gasteiger partial charge is 0.496 e. The molecule has 4 rings (SSSR count). The first-order valence-electron chi connectivity index (χ1n) is 9.91. The van der Waals surface area contributed by atoms with Crippen LogP contribution >= 0.6 is 0 Å². The molecule has 0 radical (unpaired) electrons. The van der Waals surface area contributed by atoms with Crippen LogP contribution in [0.2, 0.25) is 0 Å². The van der Waals surface area contributed by atoms with Crippen molar-refractivity contribution < 1.29 is 22.6 Å². The normalized spacial score (nSPS) is 11.4. The molecule has 0 saturated heterocycles. The van der Waals surface area contributed by atoms with Crippen molar-refractivity contribution in [2.24, 2.45) is 0 Å². The highest BCUT2D eigenvalue weighted by Gasteiger charge is 2.30. The molecule has 0 fully saturated rings. The molecule has 0 amide bonds. The average molecular weight is 438 g/mol. The lowest BCUT2D eigenvalue weighted by atomic mass is 10.1.